The van der Waals surface area contributed by atoms with E-state index < -0.39 is 39.8 Å². The van der Waals surface area contributed by atoms with Gasteiger partial charge in [0.2, 0.25) is 10.0 Å². The molecule has 1 saturated carbocycles. The molecule has 0 aromatic rings. The molecule has 21 heavy (non-hydrogen) atoms. The summed E-state index contributed by atoms with van der Waals surface area (Å²) in [4.78, 5) is 11.5. The highest BCUT2D eigenvalue weighted by Crippen LogP contribution is 2.31. The summed E-state index contributed by atoms with van der Waals surface area (Å²) in [5.41, 5.74) is 0. The number of carbonyl (C=O) groups excluding carboxylic acids is 1. The summed E-state index contributed by atoms with van der Waals surface area (Å²) in [6, 6.07) is 0. The number of methoxy groups -OCH3 is 1. The molecule has 0 bridgehead atoms. The standard InChI is InChI=1S/C12H20F3NO4S/c1-20-11(17)9-5-4-6-10(9)21(18,19)16-8-3-2-7-12(13,14)15/h9-10,16H,2-8H2,1H3. The van der Waals surface area contributed by atoms with Gasteiger partial charge >= 0.3 is 12.1 Å². The second-order valence-electron chi connectivity index (χ2n) is 5.11. The summed E-state index contributed by atoms with van der Waals surface area (Å²) in [7, 11) is -2.51. The third-order valence-electron chi connectivity index (χ3n) is 3.55. The Balaban J connectivity index is 2.44. The van der Waals surface area contributed by atoms with Crippen LogP contribution in [0.2, 0.25) is 0 Å². The molecule has 2 atom stereocenters. The fraction of sp³-hybridized carbons (Fsp3) is 0.917. The number of hydrogen-bond acceptors (Lipinski definition) is 4. The third-order valence-corrected chi connectivity index (χ3v) is 5.51. The van der Waals surface area contributed by atoms with Crippen LogP contribution in [-0.4, -0.2) is 39.5 Å². The molecule has 1 aliphatic carbocycles. The molecule has 0 spiro atoms. The number of unbranched alkanes of at least 4 members (excludes halogenated alkanes) is 1. The van der Waals surface area contributed by atoms with Crippen LogP contribution in [-0.2, 0) is 19.6 Å². The van der Waals surface area contributed by atoms with Gasteiger partial charge in [-0.05, 0) is 25.7 Å². The quantitative estimate of drug-likeness (QED) is 0.572. The van der Waals surface area contributed by atoms with Crippen molar-refractivity contribution in [1.29, 1.82) is 0 Å². The molecule has 0 heterocycles. The summed E-state index contributed by atoms with van der Waals surface area (Å²) in [6.07, 6.45) is -3.75. The molecule has 0 radical (unpaired) electrons. The van der Waals surface area contributed by atoms with Gasteiger partial charge in [-0.3, -0.25) is 4.79 Å². The number of alkyl halides is 3. The minimum Gasteiger partial charge on any atom is -0.469 e. The largest absolute Gasteiger partial charge is 0.469 e. The normalized spacial score (nSPS) is 23.2. The van der Waals surface area contributed by atoms with Gasteiger partial charge in [0.25, 0.3) is 0 Å². The molecule has 2 unspecified atom stereocenters. The monoisotopic (exact) mass is 331 g/mol. The molecule has 1 fully saturated rings. The second-order valence-corrected chi connectivity index (χ2v) is 7.09. The lowest BCUT2D eigenvalue weighted by Crippen LogP contribution is -2.39. The van der Waals surface area contributed by atoms with Crippen LogP contribution in [0.15, 0.2) is 0 Å². The number of rotatable bonds is 7. The fourth-order valence-corrected chi connectivity index (χ4v) is 4.29. The third kappa shape index (κ3) is 5.82. The van der Waals surface area contributed by atoms with Gasteiger partial charge in [-0.15, -0.1) is 0 Å². The first-order chi connectivity index (χ1) is 9.67. The van der Waals surface area contributed by atoms with E-state index in [9.17, 15) is 26.4 Å². The molecular weight excluding hydrogens is 311 g/mol. The van der Waals surface area contributed by atoms with Crippen molar-refractivity contribution in [1.82, 2.24) is 4.72 Å². The predicted octanol–water partition coefficient (Wildman–Crippen LogP) is 1.98. The Kier molecular flexibility index (Phi) is 6.45. The predicted molar refractivity (Wildman–Crippen MR) is 70.0 cm³/mol. The zero-order chi connectivity index (χ0) is 16.1. The van der Waals surface area contributed by atoms with Gasteiger partial charge in [-0.2, -0.15) is 13.2 Å². The maximum atomic E-state index is 12.1. The van der Waals surface area contributed by atoms with Gasteiger partial charge < -0.3 is 4.74 Å². The fourth-order valence-electron chi connectivity index (χ4n) is 2.49. The first-order valence-electron chi connectivity index (χ1n) is 6.80. The summed E-state index contributed by atoms with van der Waals surface area (Å²) in [6.45, 7) is -0.0528. The zero-order valence-corrected chi connectivity index (χ0v) is 12.6. The molecule has 1 rings (SSSR count). The van der Waals surface area contributed by atoms with Crippen molar-refractivity contribution in [2.45, 2.75) is 50.0 Å². The van der Waals surface area contributed by atoms with Crippen molar-refractivity contribution < 1.29 is 31.1 Å². The number of nitrogens with one attached hydrogen (secondary N) is 1. The van der Waals surface area contributed by atoms with Crippen LogP contribution in [0.1, 0.15) is 38.5 Å². The Morgan fingerprint density at radius 3 is 2.52 bits per heavy atom. The van der Waals surface area contributed by atoms with Crippen molar-refractivity contribution in [2.75, 3.05) is 13.7 Å². The van der Waals surface area contributed by atoms with Crippen LogP contribution >= 0.6 is 0 Å². The minimum atomic E-state index is -4.22. The van der Waals surface area contributed by atoms with Gasteiger partial charge in [0.05, 0.1) is 18.3 Å². The molecule has 5 nitrogen and oxygen atoms in total. The second kappa shape index (κ2) is 7.44. The van der Waals surface area contributed by atoms with Gasteiger partial charge in [0, 0.05) is 13.0 Å². The number of sulfonamides is 1. The molecule has 0 aromatic heterocycles. The van der Waals surface area contributed by atoms with Crippen molar-refractivity contribution in [2.24, 2.45) is 5.92 Å². The Morgan fingerprint density at radius 1 is 1.29 bits per heavy atom. The van der Waals surface area contributed by atoms with E-state index in [2.05, 4.69) is 9.46 Å². The van der Waals surface area contributed by atoms with Gasteiger partial charge in [0.15, 0.2) is 0 Å². The van der Waals surface area contributed by atoms with E-state index in [0.717, 1.165) is 0 Å². The van der Waals surface area contributed by atoms with E-state index in [1.54, 1.807) is 0 Å². The van der Waals surface area contributed by atoms with Crippen LogP contribution in [0, 0.1) is 5.92 Å². The number of halogens is 3. The first kappa shape index (κ1) is 18.2. The lowest BCUT2D eigenvalue weighted by Gasteiger charge is -2.18. The molecule has 0 aromatic carbocycles. The van der Waals surface area contributed by atoms with E-state index >= 15 is 0 Å². The number of carbonyl (C=O) groups is 1. The average molecular weight is 331 g/mol. The highest BCUT2D eigenvalue weighted by Gasteiger charge is 2.41. The van der Waals surface area contributed by atoms with Crippen LogP contribution in [0.4, 0.5) is 13.2 Å². The molecule has 0 aliphatic heterocycles. The average Bonchev–Trinajstić information content (AvgIpc) is 2.86. The van der Waals surface area contributed by atoms with Crippen molar-refractivity contribution in [3.05, 3.63) is 0 Å². The van der Waals surface area contributed by atoms with Gasteiger partial charge in [-0.25, -0.2) is 13.1 Å². The van der Waals surface area contributed by atoms with Crippen LogP contribution in [0.5, 0.6) is 0 Å². The number of ether oxygens (including phenoxy) is 1. The molecule has 0 amide bonds. The van der Waals surface area contributed by atoms with Crippen LogP contribution in [0.25, 0.3) is 0 Å². The maximum Gasteiger partial charge on any atom is 0.389 e. The van der Waals surface area contributed by atoms with Crippen LogP contribution < -0.4 is 4.72 Å². The van der Waals surface area contributed by atoms with Gasteiger partial charge in [0.1, 0.15) is 0 Å². The number of hydrogen-bond donors (Lipinski definition) is 1. The molecule has 124 valence electrons. The lowest BCUT2D eigenvalue weighted by atomic mass is 10.1. The summed E-state index contributed by atoms with van der Waals surface area (Å²) in [5.74, 6) is -1.25. The minimum absolute atomic E-state index is 0.0528. The van der Waals surface area contributed by atoms with Crippen molar-refractivity contribution in [3.63, 3.8) is 0 Å². The van der Waals surface area contributed by atoms with E-state index in [-0.39, 0.29) is 19.4 Å². The number of esters is 1. The first-order valence-corrected chi connectivity index (χ1v) is 8.35. The Morgan fingerprint density at radius 2 is 1.95 bits per heavy atom. The summed E-state index contributed by atoms with van der Waals surface area (Å²) < 4.78 is 66.9. The van der Waals surface area contributed by atoms with E-state index in [1.165, 1.54) is 7.11 Å². The lowest BCUT2D eigenvalue weighted by molar-refractivity contribution is -0.145. The topological polar surface area (TPSA) is 72.5 Å². The molecule has 0 saturated heterocycles. The smallest absolute Gasteiger partial charge is 0.389 e. The molecular formula is C12H20F3NO4S. The molecule has 1 aliphatic rings. The Labute approximate surface area is 122 Å². The molecule has 1 N–H and O–H groups in total. The Hall–Kier alpha value is -0.830. The maximum absolute atomic E-state index is 12.1. The van der Waals surface area contributed by atoms with Gasteiger partial charge in [-0.1, -0.05) is 6.42 Å². The van der Waals surface area contributed by atoms with E-state index in [0.29, 0.717) is 19.3 Å². The van der Waals surface area contributed by atoms with E-state index in [1.807, 2.05) is 0 Å². The van der Waals surface area contributed by atoms with Crippen molar-refractivity contribution >= 4 is 16.0 Å². The highest BCUT2D eigenvalue weighted by atomic mass is 32.2. The summed E-state index contributed by atoms with van der Waals surface area (Å²) >= 11 is 0. The van der Waals surface area contributed by atoms with Crippen molar-refractivity contribution in [3.8, 4) is 0 Å². The Bertz CT molecular complexity index is 450. The summed E-state index contributed by atoms with van der Waals surface area (Å²) in [5, 5.41) is -0.854. The van der Waals surface area contributed by atoms with E-state index in [4.69, 9.17) is 0 Å². The van der Waals surface area contributed by atoms with Crippen LogP contribution in [0.3, 0.4) is 0 Å². The molecule has 9 heteroatoms. The zero-order valence-electron chi connectivity index (χ0n) is 11.8. The highest BCUT2D eigenvalue weighted by molar-refractivity contribution is 7.90. The SMILES string of the molecule is COC(=O)C1CCCC1S(=O)(=O)NCCCCC(F)(F)F.